The van der Waals surface area contributed by atoms with Gasteiger partial charge in [0, 0.05) is 18.9 Å². The summed E-state index contributed by atoms with van der Waals surface area (Å²) in [6, 6.07) is 3.56. The van der Waals surface area contributed by atoms with Crippen LogP contribution in [-0.4, -0.2) is 45.8 Å². The van der Waals surface area contributed by atoms with Crippen molar-refractivity contribution in [2.45, 2.75) is 12.1 Å². The van der Waals surface area contributed by atoms with Gasteiger partial charge in [0.1, 0.15) is 0 Å². The lowest BCUT2D eigenvalue weighted by Crippen LogP contribution is -2.37. The Kier molecular flexibility index (Phi) is 5.90. The molecule has 2 aromatic rings. The molecule has 2 aromatic heterocycles. The number of nitrogens with zero attached hydrogens (tertiary/aromatic N) is 3. The number of carbonyl (C=O) groups excluding carboxylic acids is 2. The Labute approximate surface area is 131 Å². The fourth-order valence-electron chi connectivity index (χ4n) is 1.49. The second-order valence-electron chi connectivity index (χ2n) is 4.13. The Hall–Kier alpha value is -2.42. The minimum Gasteiger partial charge on any atom is -0.411 e. The second-order valence-corrected chi connectivity index (χ2v) is 5.06. The first kappa shape index (κ1) is 16.0. The van der Waals surface area contributed by atoms with Crippen molar-refractivity contribution in [3.63, 3.8) is 0 Å². The molecule has 0 radical (unpaired) electrons. The molecule has 0 saturated carbocycles. The van der Waals surface area contributed by atoms with Gasteiger partial charge in [-0.2, -0.15) is 0 Å². The van der Waals surface area contributed by atoms with Gasteiger partial charge in [0.15, 0.2) is 0 Å². The minimum atomic E-state index is -0.280. The highest BCUT2D eigenvalue weighted by molar-refractivity contribution is 7.99. The molecule has 0 aliphatic heterocycles. The number of pyridine rings is 1. The van der Waals surface area contributed by atoms with E-state index in [2.05, 4.69) is 25.8 Å². The average Bonchev–Trinajstić information content (AvgIpc) is 3.01. The molecule has 22 heavy (non-hydrogen) atoms. The van der Waals surface area contributed by atoms with Crippen molar-refractivity contribution in [3.05, 3.63) is 24.5 Å². The van der Waals surface area contributed by atoms with Crippen LogP contribution in [0.25, 0.3) is 11.5 Å². The number of nitrogens with one attached hydrogen (secondary N) is 2. The zero-order chi connectivity index (χ0) is 15.8. The van der Waals surface area contributed by atoms with Gasteiger partial charge in [-0.05, 0) is 19.1 Å². The van der Waals surface area contributed by atoms with Crippen LogP contribution in [0.15, 0.2) is 34.2 Å². The number of thioether (sulfide) groups is 1. The number of hydrogen-bond acceptors (Lipinski definition) is 7. The van der Waals surface area contributed by atoms with Gasteiger partial charge in [0.2, 0.25) is 17.7 Å². The Morgan fingerprint density at radius 3 is 2.86 bits per heavy atom. The molecule has 2 heterocycles. The highest BCUT2D eigenvalue weighted by Crippen LogP contribution is 2.21. The molecule has 0 spiro atoms. The van der Waals surface area contributed by atoms with E-state index in [1.165, 1.54) is 0 Å². The second kappa shape index (κ2) is 8.13. The molecule has 2 rings (SSSR count). The summed E-state index contributed by atoms with van der Waals surface area (Å²) in [5.74, 6) is -0.0677. The van der Waals surface area contributed by atoms with Gasteiger partial charge < -0.3 is 15.1 Å². The Morgan fingerprint density at radius 1 is 1.27 bits per heavy atom. The van der Waals surface area contributed by atoms with E-state index in [0.29, 0.717) is 18.0 Å². The van der Waals surface area contributed by atoms with Crippen molar-refractivity contribution >= 4 is 23.6 Å². The minimum absolute atomic E-state index is 0.0436. The maximum Gasteiger partial charge on any atom is 0.277 e. The summed E-state index contributed by atoms with van der Waals surface area (Å²) in [4.78, 5) is 26.8. The van der Waals surface area contributed by atoms with E-state index in [4.69, 9.17) is 4.42 Å². The van der Waals surface area contributed by atoms with Gasteiger partial charge in [0.25, 0.3) is 5.22 Å². The van der Waals surface area contributed by atoms with Crippen LogP contribution >= 0.6 is 11.8 Å². The van der Waals surface area contributed by atoms with E-state index in [-0.39, 0.29) is 29.3 Å². The van der Waals surface area contributed by atoms with Crippen LogP contribution < -0.4 is 10.6 Å². The first-order chi connectivity index (χ1) is 10.7. The normalized spacial score (nSPS) is 10.2. The number of amides is 2. The molecule has 0 aromatic carbocycles. The number of likely N-dealkylation sites (N-methyl/N-ethyl adjacent to an activating group) is 1. The maximum atomic E-state index is 11.6. The van der Waals surface area contributed by atoms with Crippen molar-refractivity contribution in [1.29, 1.82) is 0 Å². The molecule has 0 aliphatic carbocycles. The first-order valence-corrected chi connectivity index (χ1v) is 7.57. The number of hydrogen-bond donors (Lipinski definition) is 2. The van der Waals surface area contributed by atoms with Crippen LogP contribution in [0, 0.1) is 0 Å². The van der Waals surface area contributed by atoms with Crippen LogP contribution in [0.5, 0.6) is 0 Å². The van der Waals surface area contributed by atoms with Crippen molar-refractivity contribution in [3.8, 4) is 11.5 Å². The largest absolute Gasteiger partial charge is 0.411 e. The molecule has 9 heteroatoms. The van der Waals surface area contributed by atoms with E-state index in [1.54, 1.807) is 24.5 Å². The molecule has 2 N–H and O–H groups in total. The first-order valence-electron chi connectivity index (χ1n) is 6.59. The highest BCUT2D eigenvalue weighted by atomic mass is 32.2. The third-order valence-electron chi connectivity index (χ3n) is 2.46. The molecule has 8 nitrogen and oxygen atoms in total. The number of rotatable bonds is 7. The summed E-state index contributed by atoms with van der Waals surface area (Å²) in [5, 5.41) is 13.1. The quantitative estimate of drug-likeness (QED) is 0.713. The summed E-state index contributed by atoms with van der Waals surface area (Å²) >= 11 is 1.10. The van der Waals surface area contributed by atoms with Crippen molar-refractivity contribution in [2.24, 2.45) is 0 Å². The van der Waals surface area contributed by atoms with E-state index in [0.717, 1.165) is 11.8 Å². The molecule has 0 aliphatic rings. The van der Waals surface area contributed by atoms with Gasteiger partial charge in [-0.15, -0.1) is 10.2 Å². The molecule has 0 bridgehead atoms. The lowest BCUT2D eigenvalue weighted by molar-refractivity contribution is -0.124. The van der Waals surface area contributed by atoms with Crippen molar-refractivity contribution in [1.82, 2.24) is 25.8 Å². The van der Waals surface area contributed by atoms with Gasteiger partial charge in [-0.1, -0.05) is 11.8 Å². The summed E-state index contributed by atoms with van der Waals surface area (Å²) in [6.45, 7) is 2.30. The predicted octanol–water partition coefficient (Wildman–Crippen LogP) is 0.476. The Bertz CT molecular complexity index is 632. The third-order valence-corrected chi connectivity index (χ3v) is 3.28. The summed E-state index contributed by atoms with van der Waals surface area (Å²) < 4.78 is 5.43. The molecule has 0 unspecified atom stereocenters. The van der Waals surface area contributed by atoms with Gasteiger partial charge in [-0.25, -0.2) is 0 Å². The van der Waals surface area contributed by atoms with Gasteiger partial charge in [0.05, 0.1) is 17.9 Å². The molecular formula is C13H15N5O3S. The lowest BCUT2D eigenvalue weighted by Gasteiger charge is -2.03. The van der Waals surface area contributed by atoms with Crippen molar-refractivity contribution < 1.29 is 14.0 Å². The molecule has 116 valence electrons. The van der Waals surface area contributed by atoms with E-state index in [9.17, 15) is 9.59 Å². The predicted molar refractivity (Wildman–Crippen MR) is 79.9 cm³/mol. The van der Waals surface area contributed by atoms with Crippen LogP contribution in [0.1, 0.15) is 6.92 Å². The number of aromatic nitrogens is 3. The SMILES string of the molecule is CCNC(=O)CNC(=O)CSc1nnc(-c2cccnc2)o1. The fourth-order valence-corrected chi connectivity index (χ4v) is 2.08. The maximum absolute atomic E-state index is 11.6. The van der Waals surface area contributed by atoms with Crippen LogP contribution in [-0.2, 0) is 9.59 Å². The average molecular weight is 321 g/mol. The molecule has 0 saturated heterocycles. The summed E-state index contributed by atoms with van der Waals surface area (Å²) in [6.07, 6.45) is 3.26. The Balaban J connectivity index is 1.79. The molecule has 0 atom stereocenters. The van der Waals surface area contributed by atoms with Crippen molar-refractivity contribution in [2.75, 3.05) is 18.8 Å². The lowest BCUT2D eigenvalue weighted by atomic mass is 10.3. The van der Waals surface area contributed by atoms with Crippen LogP contribution in [0.4, 0.5) is 0 Å². The fraction of sp³-hybridized carbons (Fsp3) is 0.308. The monoisotopic (exact) mass is 321 g/mol. The molecule has 0 fully saturated rings. The standard InChI is InChI=1S/C13H15N5O3S/c1-2-15-10(19)7-16-11(20)8-22-13-18-17-12(21-13)9-4-3-5-14-6-9/h3-6H,2,7-8H2,1H3,(H,15,19)(H,16,20). The van der Waals surface area contributed by atoms with Crippen LogP contribution in [0.2, 0.25) is 0 Å². The number of carbonyl (C=O) groups is 2. The third kappa shape index (κ3) is 4.85. The Morgan fingerprint density at radius 2 is 2.14 bits per heavy atom. The van der Waals surface area contributed by atoms with E-state index in [1.807, 2.05) is 6.92 Å². The molecular weight excluding hydrogens is 306 g/mol. The highest BCUT2D eigenvalue weighted by Gasteiger charge is 2.11. The molecule has 2 amide bonds. The van der Waals surface area contributed by atoms with Gasteiger partial charge >= 0.3 is 0 Å². The zero-order valence-corrected chi connectivity index (χ0v) is 12.7. The van der Waals surface area contributed by atoms with E-state index >= 15 is 0 Å². The van der Waals surface area contributed by atoms with Crippen LogP contribution in [0.3, 0.4) is 0 Å². The summed E-state index contributed by atoms with van der Waals surface area (Å²) in [5.41, 5.74) is 0.711. The van der Waals surface area contributed by atoms with Gasteiger partial charge in [-0.3, -0.25) is 14.6 Å². The van der Waals surface area contributed by atoms with E-state index < -0.39 is 0 Å². The zero-order valence-electron chi connectivity index (χ0n) is 11.9. The smallest absolute Gasteiger partial charge is 0.277 e. The topological polar surface area (TPSA) is 110 Å². The summed E-state index contributed by atoms with van der Waals surface area (Å²) in [7, 11) is 0.